The van der Waals surface area contributed by atoms with Crippen LogP contribution >= 0.6 is 0 Å². The fourth-order valence-electron chi connectivity index (χ4n) is 3.04. The number of nitrogens with one attached hydrogen (secondary N) is 1. The molecule has 9 heteroatoms. The molecule has 0 saturated heterocycles. The van der Waals surface area contributed by atoms with Crippen LogP contribution in [0.1, 0.15) is 34.8 Å². The van der Waals surface area contributed by atoms with E-state index in [2.05, 4.69) is 14.9 Å². The molecule has 4 aromatic rings. The number of rotatable bonds is 7. The first-order chi connectivity index (χ1) is 15.8. The van der Waals surface area contributed by atoms with Gasteiger partial charge in [-0.1, -0.05) is 36.4 Å². The van der Waals surface area contributed by atoms with Crippen molar-refractivity contribution in [2.24, 2.45) is 0 Å². The summed E-state index contributed by atoms with van der Waals surface area (Å²) in [5.74, 6) is -0.161. The fourth-order valence-corrected chi connectivity index (χ4v) is 4.17. The van der Waals surface area contributed by atoms with Gasteiger partial charge in [-0.15, -0.1) is 10.2 Å². The predicted octanol–water partition coefficient (Wildman–Crippen LogP) is 4.76. The van der Waals surface area contributed by atoms with Gasteiger partial charge in [0.15, 0.2) is 6.10 Å². The number of carbonyl (C=O) groups excluding carboxylic acids is 1. The Bertz CT molecular complexity index is 1370. The summed E-state index contributed by atoms with van der Waals surface area (Å²) >= 11 is 0. The van der Waals surface area contributed by atoms with Gasteiger partial charge in [0.1, 0.15) is 0 Å². The summed E-state index contributed by atoms with van der Waals surface area (Å²) in [7, 11) is -3.80. The maximum atomic E-state index is 12.7. The Balaban J connectivity index is 1.43. The molecular weight excluding hydrogens is 442 g/mol. The van der Waals surface area contributed by atoms with Crippen molar-refractivity contribution in [3.05, 3.63) is 95.9 Å². The molecular formula is C24H21N3O5S. The van der Waals surface area contributed by atoms with Gasteiger partial charge in [-0.2, -0.15) is 0 Å². The number of ether oxygens (including phenoxy) is 1. The van der Waals surface area contributed by atoms with Gasteiger partial charge in [-0.25, -0.2) is 13.2 Å². The molecule has 1 N–H and O–H groups in total. The van der Waals surface area contributed by atoms with Gasteiger partial charge < -0.3 is 9.15 Å². The van der Waals surface area contributed by atoms with Gasteiger partial charge in [0.2, 0.25) is 5.89 Å². The Kier molecular flexibility index (Phi) is 6.23. The molecule has 0 spiro atoms. The van der Waals surface area contributed by atoms with E-state index < -0.39 is 22.1 Å². The second-order valence-corrected chi connectivity index (χ2v) is 8.99. The average Bonchev–Trinajstić information content (AvgIpc) is 3.32. The number of aromatic nitrogens is 2. The van der Waals surface area contributed by atoms with Gasteiger partial charge in [0.05, 0.1) is 16.1 Å². The third kappa shape index (κ3) is 5.09. The van der Waals surface area contributed by atoms with Crippen molar-refractivity contribution in [3.8, 4) is 11.5 Å². The normalized spacial score (nSPS) is 12.2. The van der Waals surface area contributed by atoms with E-state index in [1.807, 2.05) is 49.4 Å². The number of sulfonamides is 1. The zero-order valence-electron chi connectivity index (χ0n) is 17.9. The number of anilines is 1. The van der Waals surface area contributed by atoms with E-state index in [1.165, 1.54) is 24.3 Å². The maximum absolute atomic E-state index is 12.7. The first kappa shape index (κ1) is 22.2. The monoisotopic (exact) mass is 463 g/mol. The number of benzene rings is 3. The van der Waals surface area contributed by atoms with Crippen molar-refractivity contribution in [1.29, 1.82) is 0 Å². The summed E-state index contributed by atoms with van der Waals surface area (Å²) < 4.78 is 38.9. The minimum Gasteiger partial charge on any atom is -0.449 e. The molecule has 1 atom stereocenters. The Labute approximate surface area is 191 Å². The molecule has 3 aromatic carbocycles. The molecule has 4 rings (SSSR count). The lowest BCUT2D eigenvalue weighted by Crippen LogP contribution is -2.14. The van der Waals surface area contributed by atoms with Crippen LogP contribution in [0.3, 0.4) is 0 Å². The molecule has 0 fully saturated rings. The molecule has 168 valence electrons. The number of aryl methyl sites for hydroxylation is 1. The Morgan fingerprint density at radius 3 is 2.30 bits per heavy atom. The molecule has 0 radical (unpaired) electrons. The highest BCUT2D eigenvalue weighted by molar-refractivity contribution is 7.92. The molecule has 0 aliphatic rings. The predicted molar refractivity (Wildman–Crippen MR) is 122 cm³/mol. The zero-order chi connectivity index (χ0) is 23.4. The Morgan fingerprint density at radius 2 is 1.61 bits per heavy atom. The zero-order valence-corrected chi connectivity index (χ0v) is 18.7. The SMILES string of the molecule is Cc1ccccc1NS(=O)(=O)c1ccc(C(=O)OC(C)c2nnc(-c3ccccc3)o2)cc1. The van der Waals surface area contributed by atoms with Crippen LogP contribution in [0.15, 0.2) is 88.2 Å². The number of nitrogens with zero attached hydrogens (tertiary/aromatic N) is 2. The highest BCUT2D eigenvalue weighted by Crippen LogP contribution is 2.24. The molecule has 0 aliphatic heterocycles. The van der Waals surface area contributed by atoms with E-state index in [9.17, 15) is 13.2 Å². The van der Waals surface area contributed by atoms with Crippen LogP contribution in [-0.4, -0.2) is 24.6 Å². The summed E-state index contributed by atoms with van der Waals surface area (Å²) in [5, 5.41) is 7.94. The summed E-state index contributed by atoms with van der Waals surface area (Å²) in [5.41, 5.74) is 2.24. The topological polar surface area (TPSA) is 111 Å². The third-order valence-electron chi connectivity index (χ3n) is 4.88. The number of hydrogen-bond donors (Lipinski definition) is 1. The molecule has 8 nitrogen and oxygen atoms in total. The number of hydrogen-bond acceptors (Lipinski definition) is 7. The summed E-state index contributed by atoms with van der Waals surface area (Å²) in [6.07, 6.45) is -0.784. The molecule has 33 heavy (non-hydrogen) atoms. The molecule has 1 unspecified atom stereocenters. The molecule has 1 heterocycles. The lowest BCUT2D eigenvalue weighted by Gasteiger charge is -2.12. The van der Waals surface area contributed by atoms with Gasteiger partial charge >= 0.3 is 5.97 Å². The van der Waals surface area contributed by atoms with Crippen LogP contribution < -0.4 is 4.72 Å². The van der Waals surface area contributed by atoms with E-state index in [4.69, 9.17) is 9.15 Å². The second-order valence-electron chi connectivity index (χ2n) is 7.30. The summed E-state index contributed by atoms with van der Waals surface area (Å²) in [6, 6.07) is 21.8. The highest BCUT2D eigenvalue weighted by Gasteiger charge is 2.21. The van der Waals surface area contributed by atoms with Crippen LogP contribution in [0.4, 0.5) is 5.69 Å². The van der Waals surface area contributed by atoms with E-state index in [1.54, 1.807) is 19.1 Å². The van der Waals surface area contributed by atoms with E-state index in [-0.39, 0.29) is 16.3 Å². The molecule has 0 saturated carbocycles. The highest BCUT2D eigenvalue weighted by atomic mass is 32.2. The van der Waals surface area contributed by atoms with Gasteiger partial charge in [-0.05, 0) is 61.9 Å². The summed E-state index contributed by atoms with van der Waals surface area (Å²) in [4.78, 5) is 12.6. The van der Waals surface area contributed by atoms with E-state index in [0.717, 1.165) is 11.1 Å². The lowest BCUT2D eigenvalue weighted by molar-refractivity contribution is 0.0279. The standard InChI is InChI=1S/C24H21N3O5S/c1-16-8-6-7-11-21(16)27-33(29,30)20-14-12-19(13-15-20)24(28)31-17(2)22-25-26-23(32-22)18-9-4-3-5-10-18/h3-15,17,27H,1-2H3. The van der Waals surface area contributed by atoms with Crippen molar-refractivity contribution >= 4 is 21.7 Å². The van der Waals surface area contributed by atoms with Crippen LogP contribution in [0.2, 0.25) is 0 Å². The first-order valence-corrected chi connectivity index (χ1v) is 11.6. The Hall–Kier alpha value is -3.98. The molecule has 0 bridgehead atoms. The fraction of sp³-hybridized carbons (Fsp3) is 0.125. The number of esters is 1. The third-order valence-corrected chi connectivity index (χ3v) is 6.26. The minimum atomic E-state index is -3.80. The average molecular weight is 464 g/mol. The van der Waals surface area contributed by atoms with Crippen LogP contribution in [0.25, 0.3) is 11.5 Å². The summed E-state index contributed by atoms with van der Waals surface area (Å²) in [6.45, 7) is 3.43. The van der Waals surface area contributed by atoms with Crippen molar-refractivity contribution < 1.29 is 22.4 Å². The first-order valence-electron chi connectivity index (χ1n) is 10.1. The van der Waals surface area contributed by atoms with Crippen molar-refractivity contribution in [1.82, 2.24) is 10.2 Å². The van der Waals surface area contributed by atoms with Crippen molar-refractivity contribution in [2.45, 2.75) is 24.8 Å². The smallest absolute Gasteiger partial charge is 0.338 e. The number of carbonyl (C=O) groups is 1. The lowest BCUT2D eigenvalue weighted by atomic mass is 10.2. The molecule has 0 aliphatic carbocycles. The van der Waals surface area contributed by atoms with Gasteiger partial charge in [0, 0.05) is 5.56 Å². The van der Waals surface area contributed by atoms with Gasteiger partial charge in [0.25, 0.3) is 15.9 Å². The largest absolute Gasteiger partial charge is 0.449 e. The molecule has 0 amide bonds. The van der Waals surface area contributed by atoms with E-state index in [0.29, 0.717) is 11.6 Å². The molecule has 1 aromatic heterocycles. The van der Waals surface area contributed by atoms with Crippen LogP contribution in [0.5, 0.6) is 0 Å². The second kappa shape index (κ2) is 9.25. The van der Waals surface area contributed by atoms with Crippen molar-refractivity contribution in [3.63, 3.8) is 0 Å². The van der Waals surface area contributed by atoms with Gasteiger partial charge in [-0.3, -0.25) is 4.72 Å². The number of para-hydroxylation sites is 1. The maximum Gasteiger partial charge on any atom is 0.338 e. The minimum absolute atomic E-state index is 0.0276. The van der Waals surface area contributed by atoms with Crippen LogP contribution in [-0.2, 0) is 14.8 Å². The van der Waals surface area contributed by atoms with Crippen LogP contribution in [0, 0.1) is 6.92 Å². The quantitative estimate of drug-likeness (QED) is 0.393. The van der Waals surface area contributed by atoms with Crippen molar-refractivity contribution in [2.75, 3.05) is 4.72 Å². The van der Waals surface area contributed by atoms with E-state index >= 15 is 0 Å². The Morgan fingerprint density at radius 1 is 0.939 bits per heavy atom.